The molecule has 4 heteroatoms. The summed E-state index contributed by atoms with van der Waals surface area (Å²) in [7, 11) is 0. The fourth-order valence-electron chi connectivity index (χ4n) is 0.812. The predicted molar refractivity (Wildman–Crippen MR) is 47.4 cm³/mol. The lowest BCUT2D eigenvalue weighted by molar-refractivity contribution is -0.138. The number of phenols is 1. The topological polar surface area (TPSA) is 83.5 Å². The Bertz CT molecular complexity index is 364. The maximum Gasteiger partial charge on any atom is 0.320 e. The molecule has 0 unspecified atom stereocenters. The summed E-state index contributed by atoms with van der Waals surface area (Å²) < 4.78 is 14.8. The molecular weight excluding hydrogens is 170 g/mol. The van der Waals surface area contributed by atoms with E-state index in [0.29, 0.717) is 0 Å². The van der Waals surface area contributed by atoms with Crippen LogP contribution in [-0.2, 0) is 11.2 Å². The Morgan fingerprint density at radius 1 is 1.62 bits per heavy atom. The molecule has 0 aliphatic carbocycles. The van der Waals surface area contributed by atoms with E-state index in [1.54, 1.807) is 0 Å². The summed E-state index contributed by atoms with van der Waals surface area (Å²) in [5.74, 6) is -1.55. The molecule has 70 valence electrons. The second-order valence-electron chi connectivity index (χ2n) is 2.50. The SMILES string of the molecule is [2H][C@H](c1ccc(O)cc1)[C@]([2H])(N)C(=O)O. The first-order valence-electron chi connectivity index (χ1n) is 4.67. The highest BCUT2D eigenvalue weighted by molar-refractivity contribution is 5.73. The van der Waals surface area contributed by atoms with Crippen LogP contribution in [0.2, 0.25) is 0 Å². The van der Waals surface area contributed by atoms with Crippen LogP contribution in [0.1, 0.15) is 8.30 Å². The molecule has 0 heterocycles. The van der Waals surface area contributed by atoms with Crippen molar-refractivity contribution >= 4 is 5.97 Å². The van der Waals surface area contributed by atoms with Gasteiger partial charge in [0.2, 0.25) is 0 Å². The first-order valence-corrected chi connectivity index (χ1v) is 3.59. The van der Waals surface area contributed by atoms with Crippen molar-refractivity contribution in [1.82, 2.24) is 0 Å². The molecule has 0 fully saturated rings. The average Bonchev–Trinajstić information content (AvgIpc) is 2.17. The van der Waals surface area contributed by atoms with E-state index < -0.39 is 18.4 Å². The highest BCUT2D eigenvalue weighted by Crippen LogP contribution is 2.10. The van der Waals surface area contributed by atoms with Gasteiger partial charge in [-0.2, -0.15) is 0 Å². The number of nitrogens with two attached hydrogens (primary N) is 1. The van der Waals surface area contributed by atoms with Gasteiger partial charge in [-0.3, -0.25) is 4.79 Å². The summed E-state index contributed by atoms with van der Waals surface area (Å²) in [5, 5.41) is 17.6. The van der Waals surface area contributed by atoms with Gasteiger partial charge in [-0.15, -0.1) is 0 Å². The van der Waals surface area contributed by atoms with E-state index in [1.165, 1.54) is 24.3 Å². The standard InChI is InChI=1S/C9H11NO3/c10-8(9(12)13)5-6-1-3-7(11)4-2-6/h1-4,8,11H,5,10H2,(H,12,13)/t8-/m0/s1/i5D,8D/t5-,8+/m1. The monoisotopic (exact) mass is 183 g/mol. The first-order chi connectivity index (χ1) is 6.85. The Balaban J connectivity index is 2.99. The molecule has 4 nitrogen and oxygen atoms in total. The van der Waals surface area contributed by atoms with Crippen LogP contribution >= 0.6 is 0 Å². The molecule has 0 spiro atoms. The van der Waals surface area contributed by atoms with Crippen LogP contribution in [0.15, 0.2) is 24.3 Å². The number of hydrogen-bond acceptors (Lipinski definition) is 3. The number of aromatic hydroxyl groups is 1. The zero-order valence-corrected chi connectivity index (χ0v) is 6.77. The number of carbonyl (C=O) groups is 1. The van der Waals surface area contributed by atoms with Gasteiger partial charge < -0.3 is 15.9 Å². The van der Waals surface area contributed by atoms with Crippen molar-refractivity contribution in [2.75, 3.05) is 0 Å². The highest BCUT2D eigenvalue weighted by atomic mass is 16.4. The van der Waals surface area contributed by atoms with Gasteiger partial charge in [0.25, 0.3) is 0 Å². The Kier molecular flexibility index (Phi) is 2.08. The molecule has 0 amide bonds. The fourth-order valence-corrected chi connectivity index (χ4v) is 0.812. The molecule has 0 saturated heterocycles. The molecule has 4 N–H and O–H groups in total. The summed E-state index contributed by atoms with van der Waals surface area (Å²) in [5.41, 5.74) is 5.46. The van der Waals surface area contributed by atoms with Crippen LogP contribution in [0, 0.1) is 0 Å². The van der Waals surface area contributed by atoms with Gasteiger partial charge in [-0.05, 0) is 24.1 Å². The molecule has 13 heavy (non-hydrogen) atoms. The van der Waals surface area contributed by atoms with Gasteiger partial charge >= 0.3 is 5.97 Å². The molecule has 1 rings (SSSR count). The lowest BCUT2D eigenvalue weighted by atomic mass is 10.1. The molecule has 1 aromatic rings. The van der Waals surface area contributed by atoms with E-state index in [-0.39, 0.29) is 11.3 Å². The Morgan fingerprint density at radius 2 is 2.15 bits per heavy atom. The molecule has 0 aliphatic rings. The van der Waals surface area contributed by atoms with Crippen molar-refractivity contribution in [1.29, 1.82) is 0 Å². The van der Waals surface area contributed by atoms with Crippen LogP contribution in [0.5, 0.6) is 5.75 Å². The van der Waals surface area contributed by atoms with Gasteiger partial charge in [0.15, 0.2) is 0 Å². The molecule has 0 bridgehead atoms. The van der Waals surface area contributed by atoms with E-state index in [1.807, 2.05) is 0 Å². The minimum Gasteiger partial charge on any atom is -0.508 e. The number of hydrogen-bond donors (Lipinski definition) is 3. The van der Waals surface area contributed by atoms with Crippen molar-refractivity contribution in [2.24, 2.45) is 5.73 Å². The normalized spacial score (nSPS) is 19.5. The maximum atomic E-state index is 10.6. The van der Waals surface area contributed by atoms with Gasteiger partial charge in [-0.25, -0.2) is 0 Å². The van der Waals surface area contributed by atoms with Crippen LogP contribution < -0.4 is 5.73 Å². The quantitative estimate of drug-likeness (QED) is 0.631. The second-order valence-corrected chi connectivity index (χ2v) is 2.50. The van der Waals surface area contributed by atoms with Gasteiger partial charge in [-0.1, -0.05) is 12.1 Å². The van der Waals surface area contributed by atoms with Crippen LogP contribution in [0.4, 0.5) is 0 Å². The number of phenolic OH excluding ortho intramolecular Hbond substituents is 1. The summed E-state index contributed by atoms with van der Waals surface area (Å²) in [6, 6.07) is 2.97. The smallest absolute Gasteiger partial charge is 0.320 e. The van der Waals surface area contributed by atoms with E-state index >= 15 is 0 Å². The summed E-state index contributed by atoms with van der Waals surface area (Å²) in [6.45, 7) is 0. The molecule has 0 aromatic heterocycles. The molecule has 0 radical (unpaired) electrons. The minimum absolute atomic E-state index is 0.00822. The predicted octanol–water partition coefficient (Wildman–Crippen LogP) is 0.347. The number of benzene rings is 1. The Hall–Kier alpha value is -1.55. The molecule has 0 aliphatic heterocycles. The van der Waals surface area contributed by atoms with Crippen LogP contribution in [0.3, 0.4) is 0 Å². The molecule has 0 saturated carbocycles. The molecular formula is C9H11NO3. The van der Waals surface area contributed by atoms with Gasteiger partial charge in [0, 0.05) is 1.37 Å². The van der Waals surface area contributed by atoms with Crippen molar-refractivity contribution < 1.29 is 17.7 Å². The second kappa shape index (κ2) is 3.91. The van der Waals surface area contributed by atoms with Crippen LogP contribution in [-0.4, -0.2) is 22.2 Å². The third-order valence-electron chi connectivity index (χ3n) is 1.46. The van der Waals surface area contributed by atoms with Crippen molar-refractivity contribution in [3.63, 3.8) is 0 Å². The van der Waals surface area contributed by atoms with E-state index in [0.717, 1.165) is 0 Å². The molecule has 2 atom stereocenters. The van der Waals surface area contributed by atoms with E-state index in [9.17, 15) is 4.79 Å². The Labute approximate surface area is 78.4 Å². The maximum absolute atomic E-state index is 10.6. The van der Waals surface area contributed by atoms with Crippen molar-refractivity contribution in [2.45, 2.75) is 12.4 Å². The lowest BCUT2D eigenvalue weighted by Gasteiger charge is -2.05. The number of carboxylic acid groups (broad SMARTS) is 1. The number of carboxylic acids is 1. The van der Waals surface area contributed by atoms with Gasteiger partial charge in [0.05, 0.1) is 1.37 Å². The van der Waals surface area contributed by atoms with Crippen LogP contribution in [0.25, 0.3) is 0 Å². The summed E-state index contributed by atoms with van der Waals surface area (Å²) >= 11 is 0. The first kappa shape index (κ1) is 6.91. The lowest BCUT2D eigenvalue weighted by Crippen LogP contribution is -2.32. The van der Waals surface area contributed by atoms with Gasteiger partial charge in [0.1, 0.15) is 11.8 Å². The average molecular weight is 183 g/mol. The largest absolute Gasteiger partial charge is 0.508 e. The van der Waals surface area contributed by atoms with Crippen molar-refractivity contribution in [3.05, 3.63) is 29.8 Å². The zero-order chi connectivity index (χ0) is 11.6. The Morgan fingerprint density at radius 3 is 2.62 bits per heavy atom. The summed E-state index contributed by atoms with van der Waals surface area (Å²) in [4.78, 5) is 10.6. The van der Waals surface area contributed by atoms with E-state index in [2.05, 4.69) is 0 Å². The summed E-state index contributed by atoms with van der Waals surface area (Å²) in [6.07, 6.45) is -1.41. The number of rotatable bonds is 3. The van der Waals surface area contributed by atoms with Crippen molar-refractivity contribution in [3.8, 4) is 5.75 Å². The van der Waals surface area contributed by atoms with E-state index in [4.69, 9.17) is 18.7 Å². The zero-order valence-electron chi connectivity index (χ0n) is 8.77. The third-order valence-corrected chi connectivity index (χ3v) is 1.46. The fraction of sp³-hybridized carbons (Fsp3) is 0.222. The number of aliphatic carboxylic acids is 1. The third kappa shape index (κ3) is 2.76. The molecule has 1 aromatic carbocycles. The minimum atomic E-state index is -2.39. The highest BCUT2D eigenvalue weighted by Gasteiger charge is 2.11.